The van der Waals surface area contributed by atoms with Crippen LogP contribution in [0.4, 0.5) is 0 Å². The van der Waals surface area contributed by atoms with E-state index in [1.54, 1.807) is 13.0 Å². The van der Waals surface area contributed by atoms with Crippen LogP contribution in [0, 0.1) is 5.41 Å². The SMILES string of the molecule is C=Cc1cccc(C(C)=N)c1. The first kappa shape index (κ1) is 7.73. The van der Waals surface area contributed by atoms with E-state index >= 15 is 0 Å². The lowest BCUT2D eigenvalue weighted by Crippen LogP contribution is -1.90. The highest BCUT2D eigenvalue weighted by Crippen LogP contribution is 2.06. The molecule has 1 rings (SSSR count). The van der Waals surface area contributed by atoms with Crippen molar-refractivity contribution in [2.24, 2.45) is 0 Å². The Morgan fingerprint density at radius 3 is 2.82 bits per heavy atom. The zero-order chi connectivity index (χ0) is 8.27. The number of hydrogen-bond acceptors (Lipinski definition) is 1. The molecule has 0 bridgehead atoms. The van der Waals surface area contributed by atoms with Crippen LogP contribution in [-0.4, -0.2) is 5.71 Å². The van der Waals surface area contributed by atoms with E-state index in [2.05, 4.69) is 6.58 Å². The van der Waals surface area contributed by atoms with Gasteiger partial charge in [-0.15, -0.1) is 0 Å². The first-order valence-electron chi connectivity index (χ1n) is 3.52. The van der Waals surface area contributed by atoms with Crippen molar-refractivity contribution in [3.63, 3.8) is 0 Å². The fraction of sp³-hybridized carbons (Fsp3) is 0.100. The zero-order valence-corrected chi connectivity index (χ0v) is 6.59. The van der Waals surface area contributed by atoms with Crippen LogP contribution >= 0.6 is 0 Å². The van der Waals surface area contributed by atoms with Gasteiger partial charge >= 0.3 is 0 Å². The molecule has 0 aromatic heterocycles. The molecule has 0 unspecified atom stereocenters. The van der Waals surface area contributed by atoms with Gasteiger partial charge in [-0.3, -0.25) is 0 Å². The summed E-state index contributed by atoms with van der Waals surface area (Å²) in [5.74, 6) is 0. The Kier molecular flexibility index (Phi) is 2.21. The number of nitrogens with one attached hydrogen (secondary N) is 1. The summed E-state index contributed by atoms with van der Waals surface area (Å²) in [4.78, 5) is 0. The highest BCUT2D eigenvalue weighted by Gasteiger charge is 1.93. The zero-order valence-electron chi connectivity index (χ0n) is 6.59. The second kappa shape index (κ2) is 3.15. The number of benzene rings is 1. The average molecular weight is 145 g/mol. The molecule has 1 heteroatoms. The van der Waals surface area contributed by atoms with E-state index in [1.165, 1.54) is 0 Å². The fourth-order valence-electron chi connectivity index (χ4n) is 0.899. The topological polar surface area (TPSA) is 23.9 Å². The summed E-state index contributed by atoms with van der Waals surface area (Å²) in [7, 11) is 0. The molecule has 1 N–H and O–H groups in total. The van der Waals surface area contributed by atoms with Crippen LogP contribution in [0.3, 0.4) is 0 Å². The molecule has 56 valence electrons. The summed E-state index contributed by atoms with van der Waals surface area (Å²) in [6.45, 7) is 5.44. The van der Waals surface area contributed by atoms with Crippen LogP contribution in [-0.2, 0) is 0 Å². The molecule has 0 aliphatic heterocycles. The molecule has 0 radical (unpaired) electrons. The largest absolute Gasteiger partial charge is 0.305 e. The summed E-state index contributed by atoms with van der Waals surface area (Å²) in [6, 6.07) is 7.79. The van der Waals surface area contributed by atoms with Gasteiger partial charge in [-0.2, -0.15) is 0 Å². The summed E-state index contributed by atoms with van der Waals surface area (Å²) in [5.41, 5.74) is 2.62. The predicted molar refractivity (Wildman–Crippen MR) is 49.0 cm³/mol. The van der Waals surface area contributed by atoms with Crippen LogP contribution < -0.4 is 0 Å². The highest BCUT2D eigenvalue weighted by molar-refractivity contribution is 5.96. The third-order valence-electron chi connectivity index (χ3n) is 1.56. The summed E-state index contributed by atoms with van der Waals surface area (Å²) in [6.07, 6.45) is 1.78. The first-order chi connectivity index (χ1) is 5.24. The van der Waals surface area contributed by atoms with Gasteiger partial charge in [0.1, 0.15) is 0 Å². The molecule has 0 heterocycles. The number of hydrogen-bond donors (Lipinski definition) is 1. The van der Waals surface area contributed by atoms with Crippen molar-refractivity contribution in [3.8, 4) is 0 Å². The van der Waals surface area contributed by atoms with Crippen LogP contribution in [0.1, 0.15) is 18.1 Å². The molecule has 1 nitrogen and oxygen atoms in total. The molecular weight excluding hydrogens is 134 g/mol. The molecule has 0 aliphatic rings. The van der Waals surface area contributed by atoms with Gasteiger partial charge in [0.2, 0.25) is 0 Å². The lowest BCUT2D eigenvalue weighted by atomic mass is 10.1. The molecule has 0 saturated heterocycles. The molecule has 0 aliphatic carbocycles. The monoisotopic (exact) mass is 145 g/mol. The average Bonchev–Trinajstić information content (AvgIpc) is 2.05. The van der Waals surface area contributed by atoms with Crippen LogP contribution in [0.25, 0.3) is 6.08 Å². The Morgan fingerprint density at radius 1 is 1.55 bits per heavy atom. The van der Waals surface area contributed by atoms with Crippen LogP contribution in [0.5, 0.6) is 0 Å². The molecule has 0 fully saturated rings. The maximum absolute atomic E-state index is 7.37. The van der Waals surface area contributed by atoms with Crippen molar-refractivity contribution in [1.82, 2.24) is 0 Å². The molecule has 0 atom stereocenters. The lowest BCUT2D eigenvalue weighted by molar-refractivity contribution is 1.45. The van der Waals surface area contributed by atoms with Crippen molar-refractivity contribution < 1.29 is 0 Å². The van der Waals surface area contributed by atoms with E-state index in [4.69, 9.17) is 5.41 Å². The van der Waals surface area contributed by atoms with Gasteiger partial charge in [0.05, 0.1) is 0 Å². The van der Waals surface area contributed by atoms with Gasteiger partial charge in [0.15, 0.2) is 0 Å². The van der Waals surface area contributed by atoms with E-state index in [-0.39, 0.29) is 0 Å². The van der Waals surface area contributed by atoms with E-state index in [0.29, 0.717) is 5.71 Å². The summed E-state index contributed by atoms with van der Waals surface area (Å²) < 4.78 is 0. The second-order valence-corrected chi connectivity index (χ2v) is 2.45. The normalized spacial score (nSPS) is 9.18. The van der Waals surface area contributed by atoms with Gasteiger partial charge < -0.3 is 5.41 Å². The van der Waals surface area contributed by atoms with Gasteiger partial charge in [-0.25, -0.2) is 0 Å². The minimum Gasteiger partial charge on any atom is -0.305 e. The van der Waals surface area contributed by atoms with Crippen molar-refractivity contribution in [3.05, 3.63) is 42.0 Å². The van der Waals surface area contributed by atoms with Gasteiger partial charge in [-0.05, 0) is 24.1 Å². The quantitative estimate of drug-likeness (QED) is 0.619. The Balaban J connectivity index is 3.10. The number of rotatable bonds is 2. The van der Waals surface area contributed by atoms with Crippen molar-refractivity contribution in [2.45, 2.75) is 6.92 Å². The maximum atomic E-state index is 7.37. The fourth-order valence-corrected chi connectivity index (χ4v) is 0.899. The van der Waals surface area contributed by atoms with Crippen molar-refractivity contribution in [2.75, 3.05) is 0 Å². The van der Waals surface area contributed by atoms with Gasteiger partial charge in [0.25, 0.3) is 0 Å². The van der Waals surface area contributed by atoms with E-state index < -0.39 is 0 Å². The van der Waals surface area contributed by atoms with E-state index in [1.807, 2.05) is 24.3 Å². The first-order valence-corrected chi connectivity index (χ1v) is 3.52. The minimum atomic E-state index is 0.591. The van der Waals surface area contributed by atoms with Crippen LogP contribution in [0.15, 0.2) is 30.8 Å². The predicted octanol–water partition coefficient (Wildman–Crippen LogP) is 2.72. The molecule has 11 heavy (non-hydrogen) atoms. The Hall–Kier alpha value is -1.37. The Labute approximate surface area is 66.9 Å². The standard InChI is InChI=1S/C10H11N/c1-3-9-5-4-6-10(7-9)8(2)11/h3-7,11H,1H2,2H3. The Morgan fingerprint density at radius 2 is 2.27 bits per heavy atom. The van der Waals surface area contributed by atoms with Gasteiger partial charge in [0, 0.05) is 5.71 Å². The van der Waals surface area contributed by atoms with Gasteiger partial charge in [-0.1, -0.05) is 30.9 Å². The third-order valence-corrected chi connectivity index (χ3v) is 1.56. The summed E-state index contributed by atoms with van der Waals surface area (Å²) in [5, 5.41) is 7.37. The molecular formula is C10H11N. The molecule has 0 amide bonds. The smallest absolute Gasteiger partial charge is 0.0355 e. The lowest BCUT2D eigenvalue weighted by Gasteiger charge is -1.98. The van der Waals surface area contributed by atoms with Crippen molar-refractivity contribution >= 4 is 11.8 Å². The van der Waals surface area contributed by atoms with E-state index in [0.717, 1.165) is 11.1 Å². The highest BCUT2D eigenvalue weighted by atomic mass is 14.4. The molecule has 1 aromatic carbocycles. The molecule has 0 saturated carbocycles. The van der Waals surface area contributed by atoms with Crippen LogP contribution in [0.2, 0.25) is 0 Å². The Bertz CT molecular complexity index is 287. The maximum Gasteiger partial charge on any atom is 0.0355 e. The third kappa shape index (κ3) is 1.77. The summed E-state index contributed by atoms with van der Waals surface area (Å²) >= 11 is 0. The van der Waals surface area contributed by atoms with E-state index in [9.17, 15) is 0 Å². The second-order valence-electron chi connectivity index (χ2n) is 2.45. The minimum absolute atomic E-state index is 0.591. The van der Waals surface area contributed by atoms with Crippen molar-refractivity contribution in [1.29, 1.82) is 5.41 Å². The molecule has 1 aromatic rings. The molecule has 0 spiro atoms.